The van der Waals surface area contributed by atoms with Gasteiger partial charge < -0.3 is 4.90 Å². The number of hydrogen-bond acceptors (Lipinski definition) is 5. The van der Waals surface area contributed by atoms with E-state index in [1.165, 1.54) is 23.5 Å². The highest BCUT2D eigenvalue weighted by atomic mass is 32.2. The topological polar surface area (TPSA) is 37.4 Å². The van der Waals surface area contributed by atoms with E-state index in [0.29, 0.717) is 17.7 Å². The highest BCUT2D eigenvalue weighted by molar-refractivity contribution is 8.27. The first-order valence-corrected chi connectivity index (χ1v) is 8.23. The summed E-state index contributed by atoms with van der Waals surface area (Å²) in [7, 11) is 0. The van der Waals surface area contributed by atoms with Crippen LogP contribution in [0.5, 0.6) is 0 Å². The molecular weight excluding hydrogens is 302 g/mol. The van der Waals surface area contributed by atoms with Crippen molar-refractivity contribution in [3.63, 3.8) is 0 Å². The fourth-order valence-corrected chi connectivity index (χ4v) is 4.29. The van der Waals surface area contributed by atoms with Gasteiger partial charge in [-0.3, -0.25) is 9.59 Å². The van der Waals surface area contributed by atoms with Gasteiger partial charge in [0.25, 0.3) is 0 Å². The van der Waals surface area contributed by atoms with Gasteiger partial charge in [-0.1, -0.05) is 41.7 Å². The van der Waals surface area contributed by atoms with Crippen LogP contribution in [-0.2, 0) is 4.79 Å². The number of Topliss-reactive ketones (excluding diaryl/α,β-unsaturated/α-hetero) is 2. The number of anilines is 1. The zero-order valence-corrected chi connectivity index (χ0v) is 12.9. The maximum atomic E-state index is 12.8. The Morgan fingerprint density at radius 3 is 2.62 bits per heavy atom. The summed E-state index contributed by atoms with van der Waals surface area (Å²) in [5.74, 6) is -0.308. The molecular formula is C16H13NO2S2. The lowest BCUT2D eigenvalue weighted by Crippen LogP contribution is -2.29. The van der Waals surface area contributed by atoms with Gasteiger partial charge in [0.2, 0.25) is 0 Å². The van der Waals surface area contributed by atoms with Crippen LogP contribution < -0.4 is 4.90 Å². The maximum absolute atomic E-state index is 12.8. The van der Waals surface area contributed by atoms with E-state index in [2.05, 4.69) is 6.58 Å². The highest BCUT2D eigenvalue weighted by Gasteiger charge is 2.32. The molecule has 0 aromatic heterocycles. The summed E-state index contributed by atoms with van der Waals surface area (Å²) in [5.41, 5.74) is 1.70. The molecule has 0 radical (unpaired) electrons. The van der Waals surface area contributed by atoms with Gasteiger partial charge in [0.1, 0.15) is 0 Å². The quantitative estimate of drug-likeness (QED) is 0.473. The van der Waals surface area contributed by atoms with E-state index in [9.17, 15) is 9.59 Å². The van der Waals surface area contributed by atoms with Gasteiger partial charge in [-0.15, -0.1) is 6.58 Å². The molecule has 3 nitrogen and oxygen atoms in total. The third-order valence-corrected chi connectivity index (χ3v) is 5.42. The molecule has 0 amide bonds. The van der Waals surface area contributed by atoms with Gasteiger partial charge in [0.15, 0.2) is 11.6 Å². The first-order valence-electron chi connectivity index (χ1n) is 6.47. The molecule has 1 aromatic carbocycles. The Bertz CT molecular complexity index is 681. The van der Waals surface area contributed by atoms with E-state index in [-0.39, 0.29) is 18.1 Å². The van der Waals surface area contributed by atoms with Gasteiger partial charge in [-0.2, -0.15) is 0 Å². The largest absolute Gasteiger partial charge is 0.360 e. The van der Waals surface area contributed by atoms with Crippen molar-refractivity contribution in [3.05, 3.63) is 63.1 Å². The average Bonchev–Trinajstić information content (AvgIpc) is 2.97. The number of thioether (sulfide) groups is 2. The van der Waals surface area contributed by atoms with Gasteiger partial charge in [-0.25, -0.2) is 0 Å². The van der Waals surface area contributed by atoms with Crippen molar-refractivity contribution in [1.82, 2.24) is 0 Å². The molecule has 0 unspecified atom stereocenters. The standard InChI is InChI=1S/C16H13NO2S2/c1-2-7-17-10-13(18)14(16-20-8-9-21-16)15(19)11-5-3-4-6-12(11)17/h2-6,8-9H,1,7,10H2. The number of benzene rings is 1. The van der Waals surface area contributed by atoms with E-state index in [1.54, 1.807) is 12.1 Å². The van der Waals surface area contributed by atoms with E-state index >= 15 is 0 Å². The van der Waals surface area contributed by atoms with Crippen molar-refractivity contribution in [3.8, 4) is 0 Å². The Morgan fingerprint density at radius 1 is 1.19 bits per heavy atom. The molecule has 0 bridgehead atoms. The molecule has 2 aliphatic heterocycles. The van der Waals surface area contributed by atoms with Crippen LogP contribution in [0.4, 0.5) is 5.69 Å². The van der Waals surface area contributed by atoms with Crippen LogP contribution in [0.15, 0.2) is 57.5 Å². The fraction of sp³-hybridized carbons (Fsp3) is 0.125. The van der Waals surface area contributed by atoms with Crippen molar-refractivity contribution in [2.75, 3.05) is 18.0 Å². The number of carbonyl (C=O) groups is 2. The molecule has 0 spiro atoms. The number of para-hydroxylation sites is 1. The van der Waals surface area contributed by atoms with Crippen LogP contribution in [0.25, 0.3) is 0 Å². The SMILES string of the molecule is C=CCN1CC(=O)C(=C2SC=CS2)C(=O)c2ccccc21. The second-order valence-corrected chi connectivity index (χ2v) is 6.70. The lowest BCUT2D eigenvalue weighted by Gasteiger charge is -2.21. The third kappa shape index (κ3) is 2.59. The van der Waals surface area contributed by atoms with E-state index < -0.39 is 0 Å². The molecule has 106 valence electrons. The van der Waals surface area contributed by atoms with Crippen molar-refractivity contribution >= 4 is 40.8 Å². The molecule has 1 aromatic rings. The normalized spacial score (nSPS) is 18.0. The zero-order valence-electron chi connectivity index (χ0n) is 11.2. The molecule has 0 saturated heterocycles. The molecule has 2 aliphatic rings. The van der Waals surface area contributed by atoms with Crippen LogP contribution in [0.2, 0.25) is 0 Å². The third-order valence-electron chi connectivity index (χ3n) is 3.29. The minimum absolute atomic E-state index is 0.128. The minimum atomic E-state index is -0.180. The minimum Gasteiger partial charge on any atom is -0.360 e. The number of hydrogen-bond donors (Lipinski definition) is 0. The van der Waals surface area contributed by atoms with Gasteiger partial charge in [-0.05, 0) is 22.9 Å². The lowest BCUT2D eigenvalue weighted by molar-refractivity contribution is -0.114. The summed E-state index contributed by atoms with van der Waals surface area (Å²) >= 11 is 2.87. The molecule has 3 rings (SSSR count). The molecule has 0 fully saturated rings. The van der Waals surface area contributed by atoms with E-state index in [4.69, 9.17) is 0 Å². The van der Waals surface area contributed by atoms with Crippen LogP contribution in [0.1, 0.15) is 10.4 Å². The number of carbonyl (C=O) groups excluding carboxylic acids is 2. The smallest absolute Gasteiger partial charge is 0.200 e. The molecule has 2 heterocycles. The Morgan fingerprint density at radius 2 is 1.90 bits per heavy atom. The molecule has 0 N–H and O–H groups in total. The van der Waals surface area contributed by atoms with Crippen molar-refractivity contribution in [2.45, 2.75) is 0 Å². The number of nitrogens with zero attached hydrogens (tertiary/aromatic N) is 1. The predicted molar refractivity (Wildman–Crippen MR) is 89.5 cm³/mol. The number of rotatable bonds is 2. The second-order valence-electron chi connectivity index (χ2n) is 4.61. The van der Waals surface area contributed by atoms with Crippen molar-refractivity contribution in [1.29, 1.82) is 0 Å². The maximum Gasteiger partial charge on any atom is 0.200 e. The number of ketones is 2. The zero-order chi connectivity index (χ0) is 14.8. The van der Waals surface area contributed by atoms with E-state index in [0.717, 1.165) is 9.92 Å². The van der Waals surface area contributed by atoms with E-state index in [1.807, 2.05) is 33.9 Å². The summed E-state index contributed by atoms with van der Waals surface area (Å²) in [6.45, 7) is 4.47. The second kappa shape index (κ2) is 5.95. The molecule has 21 heavy (non-hydrogen) atoms. The summed E-state index contributed by atoms with van der Waals surface area (Å²) < 4.78 is 0.778. The fourth-order valence-electron chi connectivity index (χ4n) is 2.39. The van der Waals surface area contributed by atoms with Crippen molar-refractivity contribution < 1.29 is 9.59 Å². The van der Waals surface area contributed by atoms with Crippen LogP contribution in [0.3, 0.4) is 0 Å². The molecule has 0 atom stereocenters. The molecule has 0 saturated carbocycles. The lowest BCUT2D eigenvalue weighted by atomic mass is 10.0. The highest BCUT2D eigenvalue weighted by Crippen LogP contribution is 2.42. The molecule has 5 heteroatoms. The Hall–Kier alpha value is -1.72. The number of fused-ring (bicyclic) bond motifs is 1. The predicted octanol–water partition coefficient (Wildman–Crippen LogP) is 3.61. The summed E-state index contributed by atoms with van der Waals surface area (Å²) in [6.07, 6.45) is 1.74. The van der Waals surface area contributed by atoms with Gasteiger partial charge in [0, 0.05) is 17.8 Å². The summed E-state index contributed by atoms with van der Waals surface area (Å²) in [5, 5.41) is 3.79. The van der Waals surface area contributed by atoms with Crippen LogP contribution in [0, 0.1) is 0 Å². The summed E-state index contributed by atoms with van der Waals surface area (Å²) in [4.78, 5) is 27.3. The van der Waals surface area contributed by atoms with Gasteiger partial charge >= 0.3 is 0 Å². The first kappa shape index (κ1) is 14.2. The Balaban J connectivity index is 2.14. The summed E-state index contributed by atoms with van der Waals surface area (Å²) in [6, 6.07) is 7.37. The van der Waals surface area contributed by atoms with Crippen molar-refractivity contribution in [2.24, 2.45) is 0 Å². The Kier molecular flexibility index (Phi) is 4.03. The average molecular weight is 315 g/mol. The van der Waals surface area contributed by atoms with Crippen LogP contribution >= 0.6 is 23.5 Å². The first-order chi connectivity index (χ1) is 10.2. The van der Waals surface area contributed by atoms with Gasteiger partial charge in [0.05, 0.1) is 16.4 Å². The monoisotopic (exact) mass is 315 g/mol. The van der Waals surface area contributed by atoms with Crippen LogP contribution in [-0.4, -0.2) is 24.7 Å². The molecule has 0 aliphatic carbocycles. The Labute approximate surface area is 131 Å².